The molecular formula is C17H17F2NO. The fourth-order valence-electron chi connectivity index (χ4n) is 3.38. The van der Waals surface area contributed by atoms with Crippen LogP contribution < -0.4 is 5.73 Å². The molecule has 21 heavy (non-hydrogen) atoms. The van der Waals surface area contributed by atoms with Crippen molar-refractivity contribution in [3.63, 3.8) is 0 Å². The zero-order valence-electron chi connectivity index (χ0n) is 11.5. The van der Waals surface area contributed by atoms with E-state index in [1.54, 1.807) is 0 Å². The van der Waals surface area contributed by atoms with E-state index in [2.05, 4.69) is 0 Å². The zero-order chi connectivity index (χ0) is 15.0. The molecule has 0 aliphatic heterocycles. The predicted molar refractivity (Wildman–Crippen MR) is 76.8 cm³/mol. The molecule has 1 aliphatic rings. The van der Waals surface area contributed by atoms with Crippen molar-refractivity contribution in [3.05, 3.63) is 70.8 Å². The number of nitrogens with two attached hydrogens (primary N) is 1. The Labute approximate surface area is 122 Å². The molecule has 3 rings (SSSR count). The Morgan fingerprint density at radius 3 is 2.48 bits per heavy atom. The number of hydrogen-bond donors (Lipinski definition) is 2. The van der Waals surface area contributed by atoms with Gasteiger partial charge in [-0.25, -0.2) is 8.78 Å². The fourth-order valence-corrected chi connectivity index (χ4v) is 3.38. The second kappa shape index (κ2) is 5.20. The summed E-state index contributed by atoms with van der Waals surface area (Å²) in [4.78, 5) is 0. The van der Waals surface area contributed by atoms with E-state index in [-0.39, 0.29) is 12.1 Å². The van der Waals surface area contributed by atoms with Crippen LogP contribution >= 0.6 is 0 Å². The van der Waals surface area contributed by atoms with Gasteiger partial charge in [-0.3, -0.25) is 0 Å². The first-order valence-corrected chi connectivity index (χ1v) is 6.99. The van der Waals surface area contributed by atoms with Crippen LogP contribution in [0.15, 0.2) is 42.5 Å². The molecule has 0 saturated carbocycles. The van der Waals surface area contributed by atoms with Crippen LogP contribution in [-0.2, 0) is 11.8 Å². The Hall–Kier alpha value is -1.78. The summed E-state index contributed by atoms with van der Waals surface area (Å²) in [5.74, 6) is -1.38. The molecule has 110 valence electrons. The molecular weight excluding hydrogens is 272 g/mol. The van der Waals surface area contributed by atoms with E-state index in [1.807, 2.05) is 24.3 Å². The smallest absolute Gasteiger partial charge is 0.126 e. The van der Waals surface area contributed by atoms with E-state index >= 15 is 0 Å². The third-order valence-corrected chi connectivity index (χ3v) is 4.48. The molecule has 0 amide bonds. The summed E-state index contributed by atoms with van der Waals surface area (Å²) < 4.78 is 26.8. The summed E-state index contributed by atoms with van der Waals surface area (Å²) in [5.41, 5.74) is 7.61. The first kappa shape index (κ1) is 14.2. The minimum Gasteiger partial charge on any atom is -0.387 e. The van der Waals surface area contributed by atoms with Crippen molar-refractivity contribution in [1.29, 1.82) is 0 Å². The second-order valence-electron chi connectivity index (χ2n) is 5.62. The molecule has 0 aromatic heterocycles. The molecule has 0 saturated heterocycles. The van der Waals surface area contributed by atoms with Crippen molar-refractivity contribution in [2.24, 2.45) is 5.73 Å². The summed E-state index contributed by atoms with van der Waals surface area (Å²) in [6, 6.07) is 10.9. The number of halogens is 2. The Morgan fingerprint density at radius 1 is 1.14 bits per heavy atom. The van der Waals surface area contributed by atoms with Crippen LogP contribution in [0, 0.1) is 11.6 Å². The van der Waals surface area contributed by atoms with Crippen molar-refractivity contribution >= 4 is 0 Å². The Balaban J connectivity index is 2.08. The standard InChI is InChI=1S/C17H17F2NO/c18-13-7-12(8-14(19)9-13)16(21)17(10-20)6-5-11-3-1-2-4-15(11)17/h1-4,7-9,16,21H,5-6,10,20H2. The van der Waals surface area contributed by atoms with Crippen LogP contribution in [-0.4, -0.2) is 11.7 Å². The van der Waals surface area contributed by atoms with Gasteiger partial charge in [-0.1, -0.05) is 24.3 Å². The normalized spacial score (nSPS) is 22.1. The molecule has 0 fully saturated rings. The average molecular weight is 289 g/mol. The predicted octanol–water partition coefficient (Wildman–Crippen LogP) is 2.84. The summed E-state index contributed by atoms with van der Waals surface area (Å²) in [6.45, 7) is 0.226. The highest BCUT2D eigenvalue weighted by Gasteiger charge is 2.44. The van der Waals surface area contributed by atoms with E-state index in [0.717, 1.165) is 23.6 Å². The molecule has 0 bridgehead atoms. The number of rotatable bonds is 3. The van der Waals surface area contributed by atoms with Crippen molar-refractivity contribution in [2.45, 2.75) is 24.4 Å². The van der Waals surface area contributed by atoms with Gasteiger partial charge < -0.3 is 10.8 Å². The summed E-state index contributed by atoms with van der Waals surface area (Å²) >= 11 is 0. The molecule has 4 heteroatoms. The lowest BCUT2D eigenvalue weighted by Gasteiger charge is -2.34. The van der Waals surface area contributed by atoms with Crippen molar-refractivity contribution in [3.8, 4) is 0 Å². The van der Waals surface area contributed by atoms with Gasteiger partial charge in [0.1, 0.15) is 11.6 Å². The topological polar surface area (TPSA) is 46.2 Å². The molecule has 2 aromatic rings. The van der Waals surface area contributed by atoms with Crippen LogP contribution in [0.1, 0.15) is 29.2 Å². The second-order valence-corrected chi connectivity index (χ2v) is 5.62. The number of aliphatic hydroxyl groups is 1. The van der Waals surface area contributed by atoms with Gasteiger partial charge in [-0.05, 0) is 41.7 Å². The van der Waals surface area contributed by atoms with Crippen molar-refractivity contribution < 1.29 is 13.9 Å². The van der Waals surface area contributed by atoms with Gasteiger partial charge in [-0.15, -0.1) is 0 Å². The highest BCUT2D eigenvalue weighted by molar-refractivity contribution is 5.43. The van der Waals surface area contributed by atoms with Gasteiger partial charge in [0, 0.05) is 18.0 Å². The van der Waals surface area contributed by atoms with E-state index in [9.17, 15) is 13.9 Å². The van der Waals surface area contributed by atoms with Gasteiger partial charge in [0.25, 0.3) is 0 Å². The highest BCUT2D eigenvalue weighted by Crippen LogP contribution is 2.46. The maximum absolute atomic E-state index is 13.4. The first-order chi connectivity index (χ1) is 10.1. The van der Waals surface area contributed by atoms with Crippen LogP contribution in [0.25, 0.3) is 0 Å². The Morgan fingerprint density at radius 2 is 1.81 bits per heavy atom. The fraction of sp³-hybridized carbons (Fsp3) is 0.294. The number of hydrogen-bond acceptors (Lipinski definition) is 2. The van der Waals surface area contributed by atoms with Crippen LogP contribution in [0.3, 0.4) is 0 Å². The van der Waals surface area contributed by atoms with Crippen LogP contribution in [0.2, 0.25) is 0 Å². The van der Waals surface area contributed by atoms with Gasteiger partial charge in [0.15, 0.2) is 0 Å². The summed E-state index contributed by atoms with van der Waals surface area (Å²) in [7, 11) is 0. The number of aryl methyl sites for hydroxylation is 1. The first-order valence-electron chi connectivity index (χ1n) is 6.99. The molecule has 0 radical (unpaired) electrons. The maximum atomic E-state index is 13.4. The monoisotopic (exact) mass is 289 g/mol. The van der Waals surface area contributed by atoms with E-state index in [1.165, 1.54) is 12.1 Å². The minimum atomic E-state index is -1.03. The molecule has 2 atom stereocenters. The maximum Gasteiger partial charge on any atom is 0.126 e. The Bertz CT molecular complexity index is 653. The SMILES string of the molecule is NCC1(C(O)c2cc(F)cc(F)c2)CCc2ccccc21. The zero-order valence-corrected chi connectivity index (χ0v) is 11.5. The number of benzene rings is 2. The lowest BCUT2D eigenvalue weighted by atomic mass is 9.74. The highest BCUT2D eigenvalue weighted by atomic mass is 19.1. The number of aliphatic hydroxyl groups excluding tert-OH is 1. The van der Waals surface area contributed by atoms with Crippen LogP contribution in [0.4, 0.5) is 8.78 Å². The molecule has 3 N–H and O–H groups in total. The van der Waals surface area contributed by atoms with Gasteiger partial charge in [0.05, 0.1) is 6.10 Å². The van der Waals surface area contributed by atoms with Crippen molar-refractivity contribution in [2.75, 3.05) is 6.54 Å². The number of fused-ring (bicyclic) bond motifs is 1. The molecule has 2 aromatic carbocycles. The molecule has 1 aliphatic carbocycles. The third kappa shape index (κ3) is 2.24. The van der Waals surface area contributed by atoms with Crippen LogP contribution in [0.5, 0.6) is 0 Å². The molecule has 0 spiro atoms. The van der Waals surface area contributed by atoms with E-state index < -0.39 is 23.2 Å². The summed E-state index contributed by atoms with van der Waals surface area (Å²) in [6.07, 6.45) is 0.445. The molecule has 0 heterocycles. The molecule has 2 nitrogen and oxygen atoms in total. The van der Waals surface area contributed by atoms with Gasteiger partial charge in [-0.2, -0.15) is 0 Å². The quantitative estimate of drug-likeness (QED) is 0.912. The van der Waals surface area contributed by atoms with Gasteiger partial charge in [0.2, 0.25) is 0 Å². The van der Waals surface area contributed by atoms with Gasteiger partial charge >= 0.3 is 0 Å². The van der Waals surface area contributed by atoms with Crippen molar-refractivity contribution in [1.82, 2.24) is 0 Å². The Kier molecular flexibility index (Phi) is 3.51. The summed E-state index contributed by atoms with van der Waals surface area (Å²) in [5, 5.41) is 10.8. The third-order valence-electron chi connectivity index (χ3n) is 4.48. The molecule has 2 unspecified atom stereocenters. The minimum absolute atomic E-state index is 0.226. The lowest BCUT2D eigenvalue weighted by molar-refractivity contribution is 0.0834. The van der Waals surface area contributed by atoms with E-state index in [0.29, 0.717) is 6.42 Å². The average Bonchev–Trinajstić information content (AvgIpc) is 2.85. The van der Waals surface area contributed by atoms with E-state index in [4.69, 9.17) is 5.73 Å². The largest absolute Gasteiger partial charge is 0.387 e. The lowest BCUT2D eigenvalue weighted by Crippen LogP contribution is -2.39.